The zero-order valence-corrected chi connectivity index (χ0v) is 15.5. The number of hydrogen-bond donors (Lipinski definition) is 0. The van der Waals surface area contributed by atoms with Crippen molar-refractivity contribution in [3.63, 3.8) is 0 Å². The molecule has 0 saturated carbocycles. The van der Waals surface area contributed by atoms with Gasteiger partial charge in [-0.15, -0.1) is 0 Å². The predicted octanol–water partition coefficient (Wildman–Crippen LogP) is 3.07. The van der Waals surface area contributed by atoms with Gasteiger partial charge in [-0.05, 0) is 49.4 Å². The quantitative estimate of drug-likeness (QED) is 0.600. The SMILES string of the molecule is CC(=O)c1ccc(OCc2ccc(C(=O)N(C)Cc3ccnn3C)o2)cc1. The number of nitrogens with zero attached hydrogens (tertiary/aromatic N) is 3. The summed E-state index contributed by atoms with van der Waals surface area (Å²) in [5.41, 5.74) is 1.56. The predicted molar refractivity (Wildman–Crippen MR) is 98.5 cm³/mol. The molecule has 0 fully saturated rings. The normalized spacial score (nSPS) is 10.6. The number of ether oxygens (including phenoxy) is 1. The molecule has 140 valence electrons. The lowest BCUT2D eigenvalue weighted by Gasteiger charge is -2.15. The van der Waals surface area contributed by atoms with E-state index >= 15 is 0 Å². The number of amides is 1. The van der Waals surface area contributed by atoms with Crippen molar-refractivity contribution in [2.75, 3.05) is 7.05 Å². The smallest absolute Gasteiger partial charge is 0.289 e. The van der Waals surface area contributed by atoms with Crippen molar-refractivity contribution in [2.24, 2.45) is 7.05 Å². The first-order chi connectivity index (χ1) is 12.9. The average molecular weight is 367 g/mol. The van der Waals surface area contributed by atoms with Gasteiger partial charge in [-0.25, -0.2) is 0 Å². The van der Waals surface area contributed by atoms with Crippen LogP contribution < -0.4 is 4.74 Å². The molecule has 0 unspecified atom stereocenters. The van der Waals surface area contributed by atoms with Gasteiger partial charge in [0, 0.05) is 25.9 Å². The third kappa shape index (κ3) is 4.44. The molecule has 0 spiro atoms. The van der Waals surface area contributed by atoms with Crippen molar-refractivity contribution < 1.29 is 18.7 Å². The van der Waals surface area contributed by atoms with Crippen LogP contribution in [-0.4, -0.2) is 33.4 Å². The van der Waals surface area contributed by atoms with Gasteiger partial charge in [0.05, 0.1) is 12.2 Å². The van der Waals surface area contributed by atoms with Crippen LogP contribution >= 0.6 is 0 Å². The minimum absolute atomic E-state index is 0.00554. The fraction of sp³-hybridized carbons (Fsp3) is 0.250. The Balaban J connectivity index is 1.58. The summed E-state index contributed by atoms with van der Waals surface area (Å²) in [7, 11) is 3.55. The van der Waals surface area contributed by atoms with E-state index in [-0.39, 0.29) is 24.1 Å². The van der Waals surface area contributed by atoms with E-state index in [1.807, 2.05) is 13.1 Å². The summed E-state index contributed by atoms with van der Waals surface area (Å²) in [5, 5.41) is 4.09. The van der Waals surface area contributed by atoms with Crippen LogP contribution in [0.4, 0.5) is 0 Å². The highest BCUT2D eigenvalue weighted by Gasteiger charge is 2.17. The third-order valence-corrected chi connectivity index (χ3v) is 4.18. The van der Waals surface area contributed by atoms with Crippen LogP contribution in [0.3, 0.4) is 0 Å². The summed E-state index contributed by atoms with van der Waals surface area (Å²) >= 11 is 0. The summed E-state index contributed by atoms with van der Waals surface area (Å²) in [6.07, 6.45) is 1.69. The second-order valence-electron chi connectivity index (χ2n) is 6.24. The molecule has 0 radical (unpaired) electrons. The maximum atomic E-state index is 12.5. The summed E-state index contributed by atoms with van der Waals surface area (Å²) in [6, 6.07) is 12.1. The number of benzene rings is 1. The summed E-state index contributed by atoms with van der Waals surface area (Å²) in [5.74, 6) is 1.21. The molecular weight excluding hydrogens is 346 g/mol. The zero-order valence-electron chi connectivity index (χ0n) is 15.5. The van der Waals surface area contributed by atoms with Gasteiger partial charge < -0.3 is 14.1 Å². The van der Waals surface area contributed by atoms with Gasteiger partial charge in [-0.2, -0.15) is 5.10 Å². The number of carbonyl (C=O) groups excluding carboxylic acids is 2. The van der Waals surface area contributed by atoms with Gasteiger partial charge in [0.25, 0.3) is 5.91 Å². The fourth-order valence-corrected chi connectivity index (χ4v) is 2.57. The number of rotatable bonds is 7. The topological polar surface area (TPSA) is 77.6 Å². The molecule has 3 rings (SSSR count). The minimum atomic E-state index is -0.215. The standard InChI is InChI=1S/C20H21N3O4/c1-14(24)15-4-6-17(7-5-15)26-13-18-8-9-19(27-18)20(25)22(2)12-16-10-11-21-23(16)3/h4-11H,12-13H2,1-3H3. The van der Waals surface area contributed by atoms with Crippen LogP contribution in [0.15, 0.2) is 53.1 Å². The number of aromatic nitrogens is 2. The second-order valence-corrected chi connectivity index (χ2v) is 6.24. The minimum Gasteiger partial charge on any atom is -0.486 e. The monoisotopic (exact) mass is 367 g/mol. The number of hydrogen-bond acceptors (Lipinski definition) is 5. The molecule has 27 heavy (non-hydrogen) atoms. The van der Waals surface area contributed by atoms with Crippen LogP contribution in [0.5, 0.6) is 5.75 Å². The van der Waals surface area contributed by atoms with Crippen LogP contribution in [0.2, 0.25) is 0 Å². The lowest BCUT2D eigenvalue weighted by Crippen LogP contribution is -2.26. The second kappa shape index (κ2) is 7.90. The molecule has 1 amide bonds. The Morgan fingerprint density at radius 1 is 1.15 bits per heavy atom. The molecule has 1 aromatic carbocycles. The van der Waals surface area contributed by atoms with E-state index < -0.39 is 0 Å². The van der Waals surface area contributed by atoms with Gasteiger partial charge in [-0.1, -0.05) is 0 Å². The Kier molecular flexibility index (Phi) is 5.40. The molecule has 2 aromatic heterocycles. The summed E-state index contributed by atoms with van der Waals surface area (Å²) < 4.78 is 13.0. The van der Waals surface area contributed by atoms with E-state index in [1.165, 1.54) is 6.92 Å². The van der Waals surface area contributed by atoms with Gasteiger partial charge in [0.15, 0.2) is 11.5 Å². The molecular formula is C20H21N3O4. The lowest BCUT2D eigenvalue weighted by atomic mass is 10.1. The van der Waals surface area contributed by atoms with Crippen LogP contribution in [0, 0.1) is 0 Å². The molecule has 7 nitrogen and oxygen atoms in total. The van der Waals surface area contributed by atoms with E-state index in [0.717, 1.165) is 5.69 Å². The number of furan rings is 1. The lowest BCUT2D eigenvalue weighted by molar-refractivity contribution is 0.0746. The van der Waals surface area contributed by atoms with Gasteiger partial charge in [0.2, 0.25) is 0 Å². The highest BCUT2D eigenvalue weighted by atomic mass is 16.5. The van der Waals surface area contributed by atoms with Crippen molar-refractivity contribution in [1.29, 1.82) is 0 Å². The van der Waals surface area contributed by atoms with Crippen molar-refractivity contribution in [1.82, 2.24) is 14.7 Å². The number of ketones is 1. The first-order valence-electron chi connectivity index (χ1n) is 8.49. The molecule has 0 bridgehead atoms. The molecule has 7 heteroatoms. The maximum Gasteiger partial charge on any atom is 0.289 e. The average Bonchev–Trinajstić information content (AvgIpc) is 3.29. The molecule has 3 aromatic rings. The van der Waals surface area contributed by atoms with Crippen molar-refractivity contribution in [2.45, 2.75) is 20.1 Å². The molecule has 2 heterocycles. The number of aryl methyl sites for hydroxylation is 1. The van der Waals surface area contributed by atoms with E-state index in [2.05, 4.69) is 5.10 Å². The summed E-state index contributed by atoms with van der Waals surface area (Å²) in [6.45, 7) is 2.14. The van der Waals surface area contributed by atoms with Gasteiger partial charge >= 0.3 is 0 Å². The molecule has 0 N–H and O–H groups in total. The molecule has 0 aliphatic rings. The Morgan fingerprint density at radius 2 is 1.89 bits per heavy atom. The Morgan fingerprint density at radius 3 is 2.52 bits per heavy atom. The first-order valence-corrected chi connectivity index (χ1v) is 8.49. The Hall–Kier alpha value is -3.35. The Bertz CT molecular complexity index is 940. The molecule has 0 saturated heterocycles. The fourth-order valence-electron chi connectivity index (χ4n) is 2.57. The maximum absolute atomic E-state index is 12.5. The van der Waals surface area contributed by atoms with E-state index in [4.69, 9.17) is 9.15 Å². The van der Waals surface area contributed by atoms with E-state index in [0.29, 0.717) is 23.6 Å². The van der Waals surface area contributed by atoms with Gasteiger partial charge in [0.1, 0.15) is 18.1 Å². The van der Waals surface area contributed by atoms with Crippen molar-refractivity contribution in [3.05, 3.63) is 71.4 Å². The third-order valence-electron chi connectivity index (χ3n) is 4.18. The van der Waals surface area contributed by atoms with Crippen molar-refractivity contribution >= 4 is 11.7 Å². The summed E-state index contributed by atoms with van der Waals surface area (Å²) in [4.78, 5) is 25.4. The Labute approximate surface area is 157 Å². The van der Waals surface area contributed by atoms with Crippen LogP contribution in [0.1, 0.15) is 39.3 Å². The van der Waals surface area contributed by atoms with E-state index in [9.17, 15) is 9.59 Å². The number of Topliss-reactive ketones (excluding diaryl/α,β-unsaturated/α-hetero) is 1. The van der Waals surface area contributed by atoms with Crippen LogP contribution in [-0.2, 0) is 20.2 Å². The largest absolute Gasteiger partial charge is 0.486 e. The number of carbonyl (C=O) groups is 2. The molecule has 0 atom stereocenters. The van der Waals surface area contributed by atoms with E-state index in [1.54, 1.807) is 59.2 Å². The molecule has 0 aliphatic carbocycles. The molecule has 0 aliphatic heterocycles. The zero-order chi connectivity index (χ0) is 19.4. The van der Waals surface area contributed by atoms with Gasteiger partial charge in [-0.3, -0.25) is 14.3 Å². The van der Waals surface area contributed by atoms with Crippen molar-refractivity contribution in [3.8, 4) is 5.75 Å². The highest BCUT2D eigenvalue weighted by molar-refractivity contribution is 5.94. The highest BCUT2D eigenvalue weighted by Crippen LogP contribution is 2.17. The van der Waals surface area contributed by atoms with Crippen LogP contribution in [0.25, 0.3) is 0 Å². The first kappa shape index (κ1) is 18.4.